The van der Waals surface area contributed by atoms with Gasteiger partial charge in [-0.25, -0.2) is 9.50 Å². The predicted octanol–water partition coefficient (Wildman–Crippen LogP) is 5.00. The Bertz CT molecular complexity index is 1910. The number of benzene rings is 1. The van der Waals surface area contributed by atoms with Gasteiger partial charge in [0.2, 0.25) is 0 Å². The molecule has 11 heteroatoms. The fraction of sp³-hybridized carbons (Fsp3) is 0.250. The van der Waals surface area contributed by atoms with E-state index >= 15 is 0 Å². The Morgan fingerprint density at radius 1 is 0.930 bits per heavy atom. The average Bonchev–Trinajstić information content (AvgIpc) is 3.64. The molecule has 8 nitrogen and oxygen atoms in total. The van der Waals surface area contributed by atoms with Gasteiger partial charge in [-0.05, 0) is 48.9 Å². The molecule has 0 N–H and O–H groups in total. The van der Waals surface area contributed by atoms with Gasteiger partial charge in [0, 0.05) is 78.6 Å². The minimum atomic E-state index is -4.35. The number of piperidine rings is 1. The summed E-state index contributed by atoms with van der Waals surface area (Å²) in [5, 5.41) is 18.4. The van der Waals surface area contributed by atoms with E-state index in [0.717, 1.165) is 65.2 Å². The predicted molar refractivity (Wildman–Crippen MR) is 155 cm³/mol. The van der Waals surface area contributed by atoms with Crippen LogP contribution in [-0.4, -0.2) is 61.0 Å². The molecule has 4 aromatic heterocycles. The van der Waals surface area contributed by atoms with E-state index in [0.29, 0.717) is 29.8 Å². The monoisotopic (exact) mass is 578 g/mol. The second-order valence-corrected chi connectivity index (χ2v) is 10.9. The zero-order valence-electron chi connectivity index (χ0n) is 23.1. The molecule has 0 amide bonds. The van der Waals surface area contributed by atoms with Crippen LogP contribution in [0.4, 0.5) is 19.0 Å². The fourth-order valence-electron chi connectivity index (χ4n) is 5.99. The minimum absolute atomic E-state index is 0.350. The molecule has 214 valence electrons. The summed E-state index contributed by atoms with van der Waals surface area (Å²) in [4.78, 5) is 9.44. The lowest BCUT2D eigenvalue weighted by molar-refractivity contribution is -0.137. The van der Waals surface area contributed by atoms with Gasteiger partial charge in [0.1, 0.15) is 11.9 Å². The number of nitriles is 1. The van der Waals surface area contributed by atoms with Crippen molar-refractivity contribution in [2.45, 2.75) is 24.7 Å². The minimum Gasteiger partial charge on any atom is -0.353 e. The van der Waals surface area contributed by atoms with Gasteiger partial charge in [-0.15, -0.1) is 0 Å². The second-order valence-electron chi connectivity index (χ2n) is 10.9. The first kappa shape index (κ1) is 26.7. The Morgan fingerprint density at radius 3 is 2.37 bits per heavy atom. The van der Waals surface area contributed by atoms with Gasteiger partial charge in [0.05, 0.1) is 35.6 Å². The van der Waals surface area contributed by atoms with E-state index in [4.69, 9.17) is 4.98 Å². The molecule has 3 aliphatic rings. The van der Waals surface area contributed by atoms with Crippen LogP contribution >= 0.6 is 0 Å². The first-order valence-corrected chi connectivity index (χ1v) is 13.8. The molecule has 3 aliphatic heterocycles. The fourth-order valence-corrected chi connectivity index (χ4v) is 5.99. The van der Waals surface area contributed by atoms with Crippen molar-refractivity contribution in [2.75, 3.05) is 24.5 Å². The molecule has 43 heavy (non-hydrogen) atoms. The van der Waals surface area contributed by atoms with Crippen molar-refractivity contribution in [1.82, 2.24) is 29.3 Å². The topological polar surface area (TPSA) is 78.3 Å². The van der Waals surface area contributed by atoms with Gasteiger partial charge in [-0.3, -0.25) is 9.58 Å². The maximum absolute atomic E-state index is 12.8. The summed E-state index contributed by atoms with van der Waals surface area (Å²) in [6.45, 7) is 2.23. The van der Waals surface area contributed by atoms with E-state index in [2.05, 4.69) is 37.9 Å². The molecule has 2 bridgehead atoms. The first-order valence-electron chi connectivity index (χ1n) is 13.8. The average molecular weight is 579 g/mol. The third-order valence-corrected chi connectivity index (χ3v) is 8.20. The maximum Gasteiger partial charge on any atom is 0.416 e. The van der Waals surface area contributed by atoms with Gasteiger partial charge in [0.25, 0.3) is 0 Å². The van der Waals surface area contributed by atoms with Crippen LogP contribution in [0.3, 0.4) is 0 Å². The summed E-state index contributed by atoms with van der Waals surface area (Å²) in [7, 11) is 1.87. The van der Waals surface area contributed by atoms with Crippen molar-refractivity contribution >= 4 is 11.3 Å². The van der Waals surface area contributed by atoms with Crippen LogP contribution in [0, 0.1) is 23.2 Å². The summed E-state index contributed by atoms with van der Waals surface area (Å²) in [5.74, 6) is 7.02. The molecule has 1 aromatic carbocycles. The molecule has 5 aromatic rings. The Labute approximate surface area is 245 Å². The molecule has 3 saturated heterocycles. The molecular formula is C32H25F3N8. The van der Waals surface area contributed by atoms with Gasteiger partial charge >= 0.3 is 6.18 Å². The number of piperazine rings is 1. The normalized spacial score (nSPS) is 18.2. The van der Waals surface area contributed by atoms with Crippen LogP contribution < -0.4 is 4.90 Å². The van der Waals surface area contributed by atoms with Crippen molar-refractivity contribution in [3.05, 3.63) is 90.1 Å². The van der Waals surface area contributed by atoms with E-state index < -0.39 is 11.7 Å². The van der Waals surface area contributed by atoms with Crippen molar-refractivity contribution in [3.63, 3.8) is 0 Å². The third-order valence-electron chi connectivity index (χ3n) is 8.20. The van der Waals surface area contributed by atoms with Crippen LogP contribution in [0.1, 0.15) is 23.1 Å². The van der Waals surface area contributed by atoms with Crippen LogP contribution in [0.5, 0.6) is 0 Å². The van der Waals surface area contributed by atoms with Gasteiger partial charge in [0.15, 0.2) is 0 Å². The van der Waals surface area contributed by atoms with E-state index in [9.17, 15) is 18.4 Å². The number of anilines is 1. The quantitative estimate of drug-likeness (QED) is 0.280. The number of aryl methyl sites for hydroxylation is 1. The third kappa shape index (κ3) is 4.98. The Hall–Kier alpha value is -5.13. The molecule has 8 rings (SSSR count). The summed E-state index contributed by atoms with van der Waals surface area (Å²) >= 11 is 0. The van der Waals surface area contributed by atoms with Gasteiger partial charge in [-0.1, -0.05) is 11.8 Å². The van der Waals surface area contributed by atoms with Crippen molar-refractivity contribution in [3.8, 4) is 40.2 Å². The largest absolute Gasteiger partial charge is 0.416 e. The summed E-state index contributed by atoms with van der Waals surface area (Å²) in [6.07, 6.45) is 5.80. The molecule has 7 heterocycles. The molecule has 0 radical (unpaired) electrons. The zero-order valence-corrected chi connectivity index (χ0v) is 23.1. The zero-order chi connectivity index (χ0) is 29.7. The Balaban J connectivity index is 1.06. The standard InChI is InChI=1S/C32H25F3N8/c1-40-17-25(16-38-40)23-11-29(31-24(13-36)15-39-43(31)18-23)22-6-9-30(37-14-22)41-19-27-12-28(20-41)42(27)10-2-3-21-4-7-26(8-5-21)32(33,34)35/h4-9,11,14-18,27-28H,10,12,19-20H2,1H3. The number of nitrogens with zero attached hydrogens (tertiary/aromatic N) is 8. The molecule has 0 spiro atoms. The molecule has 0 saturated carbocycles. The van der Waals surface area contributed by atoms with Crippen LogP contribution in [0.25, 0.3) is 27.8 Å². The summed E-state index contributed by atoms with van der Waals surface area (Å²) in [5.41, 5.74) is 4.78. The number of hydrogen-bond donors (Lipinski definition) is 0. The molecule has 2 atom stereocenters. The van der Waals surface area contributed by atoms with Gasteiger partial charge < -0.3 is 4.90 Å². The smallest absolute Gasteiger partial charge is 0.353 e. The van der Waals surface area contributed by atoms with Gasteiger partial charge in [-0.2, -0.15) is 28.6 Å². The van der Waals surface area contributed by atoms with Crippen molar-refractivity contribution in [2.24, 2.45) is 7.05 Å². The number of alkyl halides is 3. The summed E-state index contributed by atoms with van der Waals surface area (Å²) < 4.78 is 41.9. The second kappa shape index (κ2) is 10.3. The van der Waals surface area contributed by atoms with E-state index in [1.807, 2.05) is 43.8 Å². The highest BCUT2D eigenvalue weighted by atomic mass is 19.4. The molecule has 0 aliphatic carbocycles. The SMILES string of the molecule is Cn1cc(-c2cc(-c3ccc(N4CC5CC(C4)N5CC#Cc4ccc(C(F)(F)F)cc4)nc3)c3c(C#N)cnn3c2)cn1. The number of hydrogen-bond acceptors (Lipinski definition) is 6. The number of fused-ring (bicyclic) bond motifs is 3. The lowest BCUT2D eigenvalue weighted by atomic mass is 9.87. The van der Waals surface area contributed by atoms with Crippen LogP contribution in [0.15, 0.2) is 73.4 Å². The van der Waals surface area contributed by atoms with Crippen LogP contribution in [-0.2, 0) is 13.2 Å². The highest BCUT2D eigenvalue weighted by Crippen LogP contribution is 2.36. The molecular weight excluding hydrogens is 553 g/mol. The maximum atomic E-state index is 12.8. The highest BCUT2D eigenvalue weighted by molar-refractivity contribution is 5.87. The van der Waals surface area contributed by atoms with E-state index in [1.165, 1.54) is 12.1 Å². The van der Waals surface area contributed by atoms with E-state index in [-0.39, 0.29) is 0 Å². The number of pyridine rings is 2. The first-order chi connectivity index (χ1) is 20.8. The molecule has 3 fully saturated rings. The van der Waals surface area contributed by atoms with E-state index in [1.54, 1.807) is 21.6 Å². The lowest BCUT2D eigenvalue weighted by Crippen LogP contribution is -2.68. The Morgan fingerprint density at radius 2 is 1.72 bits per heavy atom. The summed E-state index contributed by atoms with van der Waals surface area (Å²) in [6, 6.07) is 14.0. The molecule has 2 unspecified atom stereocenters. The van der Waals surface area contributed by atoms with Crippen molar-refractivity contribution < 1.29 is 13.2 Å². The van der Waals surface area contributed by atoms with Crippen molar-refractivity contribution in [1.29, 1.82) is 5.26 Å². The number of halogens is 3. The highest BCUT2D eigenvalue weighted by Gasteiger charge is 2.44. The number of rotatable bonds is 4. The van der Waals surface area contributed by atoms with Crippen LogP contribution in [0.2, 0.25) is 0 Å². The number of aromatic nitrogens is 5. The lowest BCUT2D eigenvalue weighted by Gasteiger charge is -2.56. The Kier molecular flexibility index (Phi) is 6.41.